The van der Waals surface area contributed by atoms with Gasteiger partial charge in [-0.3, -0.25) is 4.68 Å². The van der Waals surface area contributed by atoms with Gasteiger partial charge in [0.25, 0.3) is 0 Å². The van der Waals surface area contributed by atoms with Gasteiger partial charge >= 0.3 is 12.7 Å². The van der Waals surface area contributed by atoms with Crippen LogP contribution in [0.3, 0.4) is 0 Å². The van der Waals surface area contributed by atoms with Crippen molar-refractivity contribution < 1.29 is 31.4 Å². The lowest BCUT2D eigenvalue weighted by Crippen LogP contribution is -2.44. The lowest BCUT2D eigenvalue weighted by Gasteiger charge is -2.36. The second-order valence-corrected chi connectivity index (χ2v) is 9.88. The molecule has 6 rings (SSSR count). The Hall–Kier alpha value is -3.59. The van der Waals surface area contributed by atoms with Crippen molar-refractivity contribution in [2.24, 2.45) is 0 Å². The quantitative estimate of drug-likeness (QED) is 0.302. The molecule has 0 N–H and O–H groups in total. The Bertz CT molecular complexity index is 1490. The maximum Gasteiger partial charge on any atom is 0.408 e. The fraction of sp³-hybridized carbons (Fsp3) is 0.520. The van der Waals surface area contributed by atoms with Crippen molar-refractivity contribution in [3.8, 4) is 22.8 Å². The van der Waals surface area contributed by atoms with Crippen LogP contribution in [0, 0.1) is 0 Å². The summed E-state index contributed by atoms with van der Waals surface area (Å²) in [5, 5.41) is 12.5. The molecule has 4 aromatic rings. The maximum absolute atomic E-state index is 13.8. The zero-order valence-electron chi connectivity index (χ0n) is 21.6. The Morgan fingerprint density at radius 1 is 1.07 bits per heavy atom. The lowest BCUT2D eigenvalue weighted by atomic mass is 10.1. The molecule has 6 heterocycles. The number of fused-ring (bicyclic) bond motifs is 1. The summed E-state index contributed by atoms with van der Waals surface area (Å²) >= 11 is 0. The van der Waals surface area contributed by atoms with E-state index in [0.29, 0.717) is 48.8 Å². The monoisotopic (exact) mass is 566 g/mol. The summed E-state index contributed by atoms with van der Waals surface area (Å²) in [6.07, 6.45) is 0.259. The molecule has 0 aromatic carbocycles. The third-order valence-corrected chi connectivity index (χ3v) is 7.14. The van der Waals surface area contributed by atoms with E-state index in [1.807, 2.05) is 11.8 Å². The third-order valence-electron chi connectivity index (χ3n) is 7.14. The van der Waals surface area contributed by atoms with Crippen LogP contribution in [0.4, 0.5) is 27.6 Å². The van der Waals surface area contributed by atoms with Gasteiger partial charge in [0.15, 0.2) is 6.23 Å². The van der Waals surface area contributed by atoms with Crippen LogP contribution in [0.15, 0.2) is 30.6 Å². The van der Waals surface area contributed by atoms with Crippen LogP contribution in [0.1, 0.15) is 39.0 Å². The lowest BCUT2D eigenvalue weighted by molar-refractivity contribution is -0.141. The molecule has 2 atom stereocenters. The van der Waals surface area contributed by atoms with E-state index in [1.165, 1.54) is 24.5 Å². The van der Waals surface area contributed by atoms with Crippen LogP contribution in [0.2, 0.25) is 0 Å². The van der Waals surface area contributed by atoms with Crippen molar-refractivity contribution in [2.45, 2.75) is 57.7 Å². The SMILES string of the molecule is C[C@@H]1COCCN1c1cc(-c2ccnn2C(F)F)nc2c(-c3ccnn3C3CCCCO3)nn(CC(F)(F)F)c12. The molecule has 0 spiro atoms. The van der Waals surface area contributed by atoms with Gasteiger partial charge in [-0.1, -0.05) is 0 Å². The molecule has 0 amide bonds. The molecule has 10 nitrogen and oxygen atoms in total. The summed E-state index contributed by atoms with van der Waals surface area (Å²) in [6, 6.07) is 4.37. The molecule has 15 heteroatoms. The number of alkyl halides is 5. The Kier molecular flexibility index (Phi) is 6.94. The van der Waals surface area contributed by atoms with Crippen molar-refractivity contribution in [3.05, 3.63) is 30.6 Å². The van der Waals surface area contributed by atoms with E-state index in [1.54, 1.807) is 10.7 Å². The molecule has 2 fully saturated rings. The van der Waals surface area contributed by atoms with E-state index in [0.717, 1.165) is 17.5 Å². The van der Waals surface area contributed by atoms with Gasteiger partial charge in [-0.25, -0.2) is 14.3 Å². The maximum atomic E-state index is 13.8. The molecule has 0 saturated carbocycles. The Morgan fingerprint density at radius 3 is 2.60 bits per heavy atom. The largest absolute Gasteiger partial charge is 0.408 e. The summed E-state index contributed by atoms with van der Waals surface area (Å²) in [5.41, 5.74) is 1.40. The average molecular weight is 567 g/mol. The Balaban J connectivity index is 1.63. The number of rotatable bonds is 6. The van der Waals surface area contributed by atoms with E-state index in [2.05, 4.69) is 20.3 Å². The molecular weight excluding hydrogens is 539 g/mol. The minimum Gasteiger partial charge on any atom is -0.377 e. The zero-order valence-corrected chi connectivity index (χ0v) is 21.6. The molecule has 2 aliphatic rings. The molecule has 4 aromatic heterocycles. The number of anilines is 1. The van der Waals surface area contributed by atoms with Crippen molar-refractivity contribution in [1.29, 1.82) is 0 Å². The fourth-order valence-corrected chi connectivity index (χ4v) is 5.37. The first-order chi connectivity index (χ1) is 19.2. The minimum atomic E-state index is -4.58. The summed E-state index contributed by atoms with van der Waals surface area (Å²) in [5.74, 6) is 0. The first-order valence-electron chi connectivity index (χ1n) is 13.0. The molecule has 40 heavy (non-hydrogen) atoms. The summed E-state index contributed by atoms with van der Waals surface area (Å²) in [4.78, 5) is 6.55. The molecule has 2 saturated heterocycles. The number of nitrogens with zero attached hydrogens (tertiary/aromatic N) is 8. The highest BCUT2D eigenvalue weighted by atomic mass is 19.4. The second kappa shape index (κ2) is 10.4. The van der Waals surface area contributed by atoms with E-state index >= 15 is 0 Å². The smallest absolute Gasteiger partial charge is 0.377 e. The Morgan fingerprint density at radius 2 is 1.88 bits per heavy atom. The summed E-state index contributed by atoms with van der Waals surface area (Å²) < 4.78 is 83.6. The van der Waals surface area contributed by atoms with E-state index in [9.17, 15) is 22.0 Å². The number of hydrogen-bond donors (Lipinski definition) is 0. The fourth-order valence-electron chi connectivity index (χ4n) is 5.37. The predicted molar refractivity (Wildman–Crippen MR) is 134 cm³/mol. The highest BCUT2D eigenvalue weighted by Gasteiger charge is 2.34. The normalized spacial score (nSPS) is 20.6. The average Bonchev–Trinajstić information content (AvgIpc) is 3.67. The first-order valence-corrected chi connectivity index (χ1v) is 13.0. The predicted octanol–water partition coefficient (Wildman–Crippen LogP) is 5.04. The van der Waals surface area contributed by atoms with Gasteiger partial charge in [-0.05, 0) is 44.4 Å². The number of morpholine rings is 1. The van der Waals surface area contributed by atoms with E-state index in [4.69, 9.17) is 9.47 Å². The van der Waals surface area contributed by atoms with Crippen molar-refractivity contribution in [3.63, 3.8) is 0 Å². The van der Waals surface area contributed by atoms with Gasteiger partial charge in [0, 0.05) is 31.6 Å². The summed E-state index contributed by atoms with van der Waals surface area (Å²) in [6.45, 7) is -0.801. The van der Waals surface area contributed by atoms with Crippen LogP contribution in [0.25, 0.3) is 33.8 Å². The number of aromatic nitrogens is 7. The van der Waals surface area contributed by atoms with Gasteiger partial charge < -0.3 is 14.4 Å². The number of pyridine rings is 1. The number of halogens is 5. The molecule has 214 valence electrons. The summed E-state index contributed by atoms with van der Waals surface area (Å²) in [7, 11) is 0. The topological polar surface area (TPSA) is 88.1 Å². The molecular formula is C25H27F5N8O2. The molecule has 0 bridgehead atoms. The molecule has 0 radical (unpaired) electrons. The van der Waals surface area contributed by atoms with Crippen molar-refractivity contribution in [1.82, 2.24) is 34.3 Å². The van der Waals surface area contributed by atoms with Gasteiger partial charge in [0.1, 0.15) is 23.3 Å². The van der Waals surface area contributed by atoms with Crippen LogP contribution in [0.5, 0.6) is 0 Å². The van der Waals surface area contributed by atoms with Gasteiger partial charge in [-0.15, -0.1) is 0 Å². The van der Waals surface area contributed by atoms with Crippen LogP contribution in [-0.4, -0.2) is 72.9 Å². The van der Waals surface area contributed by atoms with Gasteiger partial charge in [-0.2, -0.15) is 37.2 Å². The van der Waals surface area contributed by atoms with Crippen LogP contribution >= 0.6 is 0 Å². The molecule has 2 aliphatic heterocycles. The standard InChI is InChI=1S/C25H27F5N8O2/c1-15-13-39-11-9-35(15)19-12-16(17-5-7-32-38(17)24(26)27)33-22-21(34-36(23(19)22)14-25(28,29)30)18-6-8-31-37(18)20-4-2-3-10-40-20/h5-8,12,15,20,24H,2-4,9-11,13-14H2,1H3/t15-,20?/m1/s1. The van der Waals surface area contributed by atoms with E-state index < -0.39 is 25.5 Å². The molecule has 1 unspecified atom stereocenters. The van der Waals surface area contributed by atoms with Gasteiger partial charge in [0.2, 0.25) is 0 Å². The highest BCUT2D eigenvalue weighted by molar-refractivity contribution is 5.99. The minimum absolute atomic E-state index is 0.0257. The zero-order chi connectivity index (χ0) is 28.0. The van der Waals surface area contributed by atoms with E-state index in [-0.39, 0.29) is 34.2 Å². The second-order valence-electron chi connectivity index (χ2n) is 9.88. The number of hydrogen-bond acceptors (Lipinski definition) is 7. The molecule has 0 aliphatic carbocycles. The van der Waals surface area contributed by atoms with Gasteiger partial charge in [0.05, 0.1) is 36.0 Å². The number of ether oxygens (including phenoxy) is 2. The Labute approximate surface area is 225 Å². The first kappa shape index (κ1) is 26.6. The van der Waals surface area contributed by atoms with Crippen molar-refractivity contribution >= 4 is 16.7 Å². The van der Waals surface area contributed by atoms with Crippen LogP contribution in [-0.2, 0) is 16.0 Å². The highest BCUT2D eigenvalue weighted by Crippen LogP contribution is 2.39. The van der Waals surface area contributed by atoms with Crippen molar-refractivity contribution in [2.75, 3.05) is 31.3 Å². The van der Waals surface area contributed by atoms with Crippen LogP contribution < -0.4 is 4.90 Å². The third kappa shape index (κ3) is 4.91.